The molecule has 0 saturated carbocycles. The average Bonchev–Trinajstić information content (AvgIpc) is 2.58. The van der Waals surface area contributed by atoms with E-state index in [1.165, 1.54) is 17.9 Å². The molecular formula is C8H11F2N3O2. The smallest absolute Gasteiger partial charge is 0.327 e. The maximum atomic E-state index is 12.5. The number of nitrogens with zero attached hydrogens (tertiary/aromatic N) is 2. The van der Waals surface area contributed by atoms with Crippen LogP contribution in [-0.2, 0) is 16.6 Å². The van der Waals surface area contributed by atoms with Crippen molar-refractivity contribution in [3.8, 4) is 0 Å². The summed E-state index contributed by atoms with van der Waals surface area (Å²) in [6.45, 7) is 0. The zero-order chi connectivity index (χ0) is 11.6. The second-order valence-electron chi connectivity index (χ2n) is 2.94. The van der Waals surface area contributed by atoms with Crippen LogP contribution in [0.4, 0.5) is 8.78 Å². The summed E-state index contributed by atoms with van der Waals surface area (Å²) in [6.07, 6.45) is -1.49. The van der Waals surface area contributed by atoms with Crippen molar-refractivity contribution in [2.75, 3.05) is 7.11 Å². The Morgan fingerprint density at radius 1 is 1.67 bits per heavy atom. The number of carbonyl (C=O) groups is 1. The minimum atomic E-state index is -2.77. The number of hydrogen-bond acceptors (Lipinski definition) is 4. The zero-order valence-electron chi connectivity index (χ0n) is 8.28. The number of ether oxygens (including phenoxy) is 1. The molecule has 0 aliphatic heterocycles. The number of carbonyl (C=O) groups excluding carboxylic acids is 1. The number of esters is 1. The summed E-state index contributed by atoms with van der Waals surface area (Å²) >= 11 is 0. The SMILES string of the molecule is COC(=O)C(N)c1cn(C)nc1C(F)F. The lowest BCUT2D eigenvalue weighted by Gasteiger charge is -2.08. The van der Waals surface area contributed by atoms with E-state index < -0.39 is 24.1 Å². The number of nitrogens with two attached hydrogens (primary N) is 1. The van der Waals surface area contributed by atoms with Gasteiger partial charge < -0.3 is 10.5 Å². The van der Waals surface area contributed by atoms with Crippen LogP contribution in [0.2, 0.25) is 0 Å². The van der Waals surface area contributed by atoms with Crippen LogP contribution in [-0.4, -0.2) is 22.9 Å². The fraction of sp³-hybridized carbons (Fsp3) is 0.500. The van der Waals surface area contributed by atoms with E-state index in [1.807, 2.05) is 0 Å². The second kappa shape index (κ2) is 4.35. The van der Waals surface area contributed by atoms with Crippen molar-refractivity contribution in [3.63, 3.8) is 0 Å². The van der Waals surface area contributed by atoms with Crippen molar-refractivity contribution >= 4 is 5.97 Å². The summed E-state index contributed by atoms with van der Waals surface area (Å²) in [5.74, 6) is -0.773. The van der Waals surface area contributed by atoms with Crippen molar-refractivity contribution in [2.24, 2.45) is 12.8 Å². The third-order valence-corrected chi connectivity index (χ3v) is 1.88. The van der Waals surface area contributed by atoms with Crippen molar-refractivity contribution in [1.82, 2.24) is 9.78 Å². The van der Waals surface area contributed by atoms with Crippen molar-refractivity contribution < 1.29 is 18.3 Å². The summed E-state index contributed by atoms with van der Waals surface area (Å²) in [6, 6.07) is -1.23. The first-order chi connectivity index (χ1) is 6.97. The monoisotopic (exact) mass is 219 g/mol. The molecule has 1 aromatic heterocycles. The molecule has 0 aliphatic carbocycles. The second-order valence-corrected chi connectivity index (χ2v) is 2.94. The van der Waals surface area contributed by atoms with Gasteiger partial charge in [-0.05, 0) is 0 Å². The molecule has 84 valence electrons. The fourth-order valence-corrected chi connectivity index (χ4v) is 1.19. The predicted molar refractivity (Wildman–Crippen MR) is 47.1 cm³/mol. The van der Waals surface area contributed by atoms with Crippen LogP contribution < -0.4 is 5.73 Å². The molecule has 1 heterocycles. The number of rotatable bonds is 3. The molecule has 15 heavy (non-hydrogen) atoms. The van der Waals surface area contributed by atoms with E-state index in [-0.39, 0.29) is 5.56 Å². The fourth-order valence-electron chi connectivity index (χ4n) is 1.19. The van der Waals surface area contributed by atoms with Crippen LogP contribution in [0, 0.1) is 0 Å². The molecule has 0 fully saturated rings. The number of alkyl halides is 2. The number of hydrogen-bond donors (Lipinski definition) is 1. The van der Waals surface area contributed by atoms with Gasteiger partial charge >= 0.3 is 5.97 Å². The van der Waals surface area contributed by atoms with E-state index >= 15 is 0 Å². The molecule has 2 N–H and O–H groups in total. The van der Waals surface area contributed by atoms with Gasteiger partial charge in [-0.25, -0.2) is 8.78 Å². The topological polar surface area (TPSA) is 70.1 Å². The molecule has 1 atom stereocenters. The minimum absolute atomic E-state index is 0.0145. The first-order valence-electron chi connectivity index (χ1n) is 4.12. The maximum absolute atomic E-state index is 12.5. The lowest BCUT2D eigenvalue weighted by atomic mass is 10.1. The number of aromatic nitrogens is 2. The van der Waals surface area contributed by atoms with E-state index in [0.717, 1.165) is 7.11 Å². The third-order valence-electron chi connectivity index (χ3n) is 1.88. The summed E-state index contributed by atoms with van der Waals surface area (Å²) in [4.78, 5) is 11.1. The third kappa shape index (κ3) is 2.30. The van der Waals surface area contributed by atoms with Crippen LogP contribution in [0.25, 0.3) is 0 Å². The largest absolute Gasteiger partial charge is 0.468 e. The Hall–Kier alpha value is -1.50. The Balaban J connectivity index is 3.07. The summed E-state index contributed by atoms with van der Waals surface area (Å²) < 4.78 is 30.5. The van der Waals surface area contributed by atoms with Gasteiger partial charge in [0.05, 0.1) is 7.11 Å². The molecule has 1 aromatic rings. The zero-order valence-corrected chi connectivity index (χ0v) is 8.28. The van der Waals surface area contributed by atoms with Crippen molar-refractivity contribution in [3.05, 3.63) is 17.5 Å². The van der Waals surface area contributed by atoms with Gasteiger partial charge in [0.1, 0.15) is 11.7 Å². The van der Waals surface area contributed by atoms with Crippen LogP contribution in [0.15, 0.2) is 6.20 Å². The molecule has 0 spiro atoms. The molecule has 0 saturated heterocycles. The van der Waals surface area contributed by atoms with Gasteiger partial charge in [-0.1, -0.05) is 0 Å². The van der Waals surface area contributed by atoms with Crippen LogP contribution in [0.3, 0.4) is 0 Å². The highest BCUT2D eigenvalue weighted by atomic mass is 19.3. The number of aryl methyl sites for hydroxylation is 1. The van der Waals surface area contributed by atoms with Gasteiger partial charge in [-0.15, -0.1) is 0 Å². The Morgan fingerprint density at radius 3 is 2.73 bits per heavy atom. The van der Waals surface area contributed by atoms with Gasteiger partial charge in [-0.2, -0.15) is 5.10 Å². The molecule has 0 aromatic carbocycles. The van der Waals surface area contributed by atoms with E-state index in [2.05, 4.69) is 9.84 Å². The van der Waals surface area contributed by atoms with Crippen molar-refractivity contribution in [1.29, 1.82) is 0 Å². The highest BCUT2D eigenvalue weighted by molar-refractivity contribution is 5.77. The number of halogens is 2. The lowest BCUT2D eigenvalue weighted by Crippen LogP contribution is -2.23. The van der Waals surface area contributed by atoms with Gasteiger partial charge in [0.25, 0.3) is 6.43 Å². The molecule has 7 heteroatoms. The molecule has 0 bridgehead atoms. The van der Waals surface area contributed by atoms with E-state index in [4.69, 9.17) is 5.73 Å². The Morgan fingerprint density at radius 2 is 2.27 bits per heavy atom. The van der Waals surface area contributed by atoms with Crippen LogP contribution in [0.1, 0.15) is 23.7 Å². The molecule has 0 amide bonds. The van der Waals surface area contributed by atoms with Gasteiger partial charge in [-0.3, -0.25) is 9.48 Å². The predicted octanol–water partition coefficient (Wildman–Crippen LogP) is 0.530. The lowest BCUT2D eigenvalue weighted by molar-refractivity contribution is -0.142. The Bertz CT molecular complexity index is 365. The molecular weight excluding hydrogens is 208 g/mol. The molecule has 1 unspecified atom stereocenters. The quantitative estimate of drug-likeness (QED) is 0.753. The molecule has 5 nitrogen and oxygen atoms in total. The van der Waals surface area contributed by atoms with Gasteiger partial charge in [0.15, 0.2) is 0 Å². The highest BCUT2D eigenvalue weighted by Crippen LogP contribution is 2.25. The van der Waals surface area contributed by atoms with Crippen molar-refractivity contribution in [2.45, 2.75) is 12.5 Å². The molecule has 0 aliphatic rings. The Kier molecular flexibility index (Phi) is 3.35. The normalized spacial score (nSPS) is 12.9. The van der Waals surface area contributed by atoms with E-state index in [0.29, 0.717) is 0 Å². The van der Waals surface area contributed by atoms with Gasteiger partial charge in [0, 0.05) is 18.8 Å². The summed E-state index contributed by atoms with van der Waals surface area (Å²) in [5.41, 5.74) is 4.93. The van der Waals surface area contributed by atoms with Crippen LogP contribution >= 0.6 is 0 Å². The highest BCUT2D eigenvalue weighted by Gasteiger charge is 2.26. The molecule has 1 rings (SSSR count). The first kappa shape index (κ1) is 11.6. The number of methoxy groups -OCH3 is 1. The standard InChI is InChI=1S/C8H11F2N3O2/c1-13-3-4(5(11)8(14)15-2)6(12-13)7(9)10/h3,5,7H,11H2,1-2H3. The molecule has 0 radical (unpaired) electrons. The summed E-state index contributed by atoms with van der Waals surface area (Å²) in [7, 11) is 2.61. The minimum Gasteiger partial charge on any atom is -0.468 e. The van der Waals surface area contributed by atoms with Gasteiger partial charge in [0.2, 0.25) is 0 Å². The first-order valence-corrected chi connectivity index (χ1v) is 4.12. The van der Waals surface area contributed by atoms with Crippen LogP contribution in [0.5, 0.6) is 0 Å². The average molecular weight is 219 g/mol. The summed E-state index contributed by atoms with van der Waals surface area (Å²) in [5, 5.41) is 3.53. The van der Waals surface area contributed by atoms with E-state index in [1.54, 1.807) is 0 Å². The maximum Gasteiger partial charge on any atom is 0.327 e. The van der Waals surface area contributed by atoms with E-state index in [9.17, 15) is 13.6 Å². The Labute approximate surface area is 84.8 Å².